The fourth-order valence-electron chi connectivity index (χ4n) is 2.20. The first kappa shape index (κ1) is 17.5. The van der Waals surface area contributed by atoms with E-state index >= 15 is 0 Å². The Balaban J connectivity index is 1.86. The van der Waals surface area contributed by atoms with Gasteiger partial charge in [0.05, 0.1) is 7.11 Å². The molecule has 0 aliphatic carbocycles. The lowest BCUT2D eigenvalue weighted by Crippen LogP contribution is -2.01. The van der Waals surface area contributed by atoms with Crippen LogP contribution in [-0.4, -0.2) is 17.1 Å². The number of halogens is 3. The van der Waals surface area contributed by atoms with E-state index in [1.54, 1.807) is 30.3 Å². The molecule has 25 heavy (non-hydrogen) atoms. The van der Waals surface area contributed by atoms with Crippen molar-refractivity contribution in [1.29, 1.82) is 0 Å². The van der Waals surface area contributed by atoms with Crippen LogP contribution in [0.2, 0.25) is 10.3 Å². The average molecular weight is 379 g/mol. The average Bonchev–Trinajstić information content (AvgIpc) is 2.60. The lowest BCUT2D eigenvalue weighted by Gasteiger charge is -2.12. The summed E-state index contributed by atoms with van der Waals surface area (Å²) in [6.07, 6.45) is 0.370. The highest BCUT2D eigenvalue weighted by Crippen LogP contribution is 2.37. The molecule has 0 saturated carbocycles. The molecule has 0 spiro atoms. The molecule has 0 aliphatic rings. The zero-order valence-corrected chi connectivity index (χ0v) is 14.7. The Morgan fingerprint density at radius 1 is 0.920 bits per heavy atom. The van der Waals surface area contributed by atoms with E-state index in [-0.39, 0.29) is 21.9 Å². The van der Waals surface area contributed by atoms with Crippen molar-refractivity contribution in [2.75, 3.05) is 7.11 Å². The van der Waals surface area contributed by atoms with Gasteiger partial charge in [-0.1, -0.05) is 47.5 Å². The molecule has 1 heterocycles. The van der Waals surface area contributed by atoms with Gasteiger partial charge in [-0.05, 0) is 29.8 Å². The topological polar surface area (TPSA) is 44.2 Å². The van der Waals surface area contributed by atoms with Gasteiger partial charge in [0.1, 0.15) is 11.6 Å². The Morgan fingerprint density at radius 3 is 2.12 bits per heavy atom. The number of hydrogen-bond acceptors (Lipinski definition) is 4. The van der Waals surface area contributed by atoms with E-state index in [1.165, 1.54) is 19.2 Å². The second-order valence-electron chi connectivity index (χ2n) is 5.11. The summed E-state index contributed by atoms with van der Waals surface area (Å²) in [4.78, 5) is 8.43. The summed E-state index contributed by atoms with van der Waals surface area (Å²) >= 11 is 12.4. The summed E-state index contributed by atoms with van der Waals surface area (Å²) in [7, 11) is 1.54. The molecule has 0 bridgehead atoms. The number of hydrogen-bond donors (Lipinski definition) is 0. The Labute approximate surface area is 154 Å². The SMILES string of the molecule is COc1ccccc1Oc1c(Cl)nc(Cc2ccc(F)cc2)nc1Cl. The molecular weight excluding hydrogens is 366 g/mol. The Morgan fingerprint density at radius 2 is 1.52 bits per heavy atom. The largest absolute Gasteiger partial charge is 0.493 e. The van der Waals surface area contributed by atoms with Crippen LogP contribution in [0.4, 0.5) is 4.39 Å². The summed E-state index contributed by atoms with van der Waals surface area (Å²) in [5.74, 6) is 1.24. The molecule has 3 rings (SSSR count). The van der Waals surface area contributed by atoms with Gasteiger partial charge in [-0.15, -0.1) is 0 Å². The molecule has 2 aromatic carbocycles. The third-order valence-corrected chi connectivity index (χ3v) is 3.90. The second-order valence-corrected chi connectivity index (χ2v) is 5.82. The molecule has 0 unspecified atom stereocenters. The number of methoxy groups -OCH3 is 1. The third kappa shape index (κ3) is 4.18. The van der Waals surface area contributed by atoms with Gasteiger partial charge in [-0.3, -0.25) is 0 Å². The smallest absolute Gasteiger partial charge is 0.202 e. The molecular formula is C18H13Cl2FN2O2. The van der Waals surface area contributed by atoms with Gasteiger partial charge >= 0.3 is 0 Å². The van der Waals surface area contributed by atoms with Crippen LogP contribution in [-0.2, 0) is 6.42 Å². The molecule has 7 heteroatoms. The van der Waals surface area contributed by atoms with Crippen LogP contribution in [0, 0.1) is 5.82 Å². The van der Waals surface area contributed by atoms with Crippen LogP contribution in [0.3, 0.4) is 0 Å². The first-order chi connectivity index (χ1) is 12.1. The Hall–Kier alpha value is -2.37. The second kappa shape index (κ2) is 7.68. The minimum atomic E-state index is -0.304. The highest BCUT2D eigenvalue weighted by Gasteiger charge is 2.16. The zero-order valence-electron chi connectivity index (χ0n) is 13.2. The van der Waals surface area contributed by atoms with Crippen LogP contribution < -0.4 is 9.47 Å². The first-order valence-corrected chi connectivity index (χ1v) is 8.09. The van der Waals surface area contributed by atoms with Crippen LogP contribution in [0.1, 0.15) is 11.4 Å². The van der Waals surface area contributed by atoms with Gasteiger partial charge < -0.3 is 9.47 Å². The van der Waals surface area contributed by atoms with E-state index in [0.29, 0.717) is 23.7 Å². The fourth-order valence-corrected chi connectivity index (χ4v) is 2.70. The standard InChI is InChI=1S/C18H13Cl2FN2O2/c1-24-13-4-2-3-5-14(13)25-16-17(19)22-15(23-18(16)20)10-11-6-8-12(21)9-7-11/h2-9H,10H2,1H3. The zero-order chi connectivity index (χ0) is 17.8. The summed E-state index contributed by atoms with van der Waals surface area (Å²) in [5, 5.41) is 0.172. The van der Waals surface area contributed by atoms with Crippen LogP contribution >= 0.6 is 23.2 Å². The lowest BCUT2D eigenvalue weighted by molar-refractivity contribution is 0.378. The summed E-state index contributed by atoms with van der Waals surface area (Å²) in [5.41, 5.74) is 0.840. The van der Waals surface area contributed by atoms with Crippen molar-refractivity contribution in [2.45, 2.75) is 6.42 Å². The predicted octanol–water partition coefficient (Wildman–Crippen LogP) is 5.31. The lowest BCUT2D eigenvalue weighted by atomic mass is 10.1. The Bertz CT molecular complexity index is 865. The molecule has 128 valence electrons. The first-order valence-electron chi connectivity index (χ1n) is 7.34. The van der Waals surface area contributed by atoms with E-state index in [0.717, 1.165) is 5.56 Å². The van der Waals surface area contributed by atoms with E-state index in [9.17, 15) is 4.39 Å². The maximum absolute atomic E-state index is 13.0. The highest BCUT2D eigenvalue weighted by atomic mass is 35.5. The number of benzene rings is 2. The van der Waals surface area contributed by atoms with Crippen molar-refractivity contribution in [3.05, 3.63) is 76.0 Å². The molecule has 0 amide bonds. The predicted molar refractivity (Wildman–Crippen MR) is 94.3 cm³/mol. The molecule has 0 radical (unpaired) electrons. The van der Waals surface area contributed by atoms with Gasteiger partial charge in [0.25, 0.3) is 0 Å². The molecule has 1 aromatic heterocycles. The highest BCUT2D eigenvalue weighted by molar-refractivity contribution is 6.35. The monoisotopic (exact) mass is 378 g/mol. The van der Waals surface area contributed by atoms with E-state index in [4.69, 9.17) is 32.7 Å². The number of para-hydroxylation sites is 2. The van der Waals surface area contributed by atoms with Crippen molar-refractivity contribution in [1.82, 2.24) is 9.97 Å². The van der Waals surface area contributed by atoms with E-state index in [1.807, 2.05) is 6.07 Å². The molecule has 0 saturated heterocycles. The third-order valence-electron chi connectivity index (χ3n) is 3.39. The Kier molecular flexibility index (Phi) is 5.36. The van der Waals surface area contributed by atoms with E-state index < -0.39 is 0 Å². The summed E-state index contributed by atoms with van der Waals surface area (Å²) < 4.78 is 23.9. The molecule has 3 aromatic rings. The maximum Gasteiger partial charge on any atom is 0.202 e. The van der Waals surface area contributed by atoms with Gasteiger partial charge in [-0.25, -0.2) is 14.4 Å². The van der Waals surface area contributed by atoms with Crippen molar-refractivity contribution in [2.24, 2.45) is 0 Å². The van der Waals surface area contributed by atoms with Crippen LogP contribution in [0.25, 0.3) is 0 Å². The normalized spacial score (nSPS) is 10.6. The molecule has 0 N–H and O–H groups in total. The number of ether oxygens (including phenoxy) is 2. The maximum atomic E-state index is 13.0. The van der Waals surface area contributed by atoms with Gasteiger partial charge in [0, 0.05) is 6.42 Å². The number of rotatable bonds is 5. The van der Waals surface area contributed by atoms with Crippen molar-refractivity contribution >= 4 is 23.2 Å². The van der Waals surface area contributed by atoms with Gasteiger partial charge in [0.15, 0.2) is 21.8 Å². The molecule has 0 atom stereocenters. The minimum Gasteiger partial charge on any atom is -0.493 e. The minimum absolute atomic E-state index is 0.0861. The van der Waals surface area contributed by atoms with Crippen molar-refractivity contribution in [3.63, 3.8) is 0 Å². The quantitative estimate of drug-likeness (QED) is 0.564. The molecule has 0 aliphatic heterocycles. The molecule has 0 fully saturated rings. The van der Waals surface area contributed by atoms with Crippen LogP contribution in [0.15, 0.2) is 48.5 Å². The van der Waals surface area contributed by atoms with Crippen molar-refractivity contribution in [3.8, 4) is 17.2 Å². The number of aromatic nitrogens is 2. The van der Waals surface area contributed by atoms with Gasteiger partial charge in [-0.2, -0.15) is 0 Å². The summed E-state index contributed by atoms with van der Waals surface area (Å²) in [6, 6.07) is 13.1. The fraction of sp³-hybridized carbons (Fsp3) is 0.111. The van der Waals surface area contributed by atoms with Crippen LogP contribution in [0.5, 0.6) is 17.2 Å². The number of nitrogens with zero attached hydrogens (tertiary/aromatic N) is 2. The summed E-state index contributed by atoms with van der Waals surface area (Å²) in [6.45, 7) is 0. The molecule has 4 nitrogen and oxygen atoms in total. The van der Waals surface area contributed by atoms with Crippen molar-refractivity contribution < 1.29 is 13.9 Å². The van der Waals surface area contributed by atoms with Gasteiger partial charge in [0.2, 0.25) is 5.75 Å². The van der Waals surface area contributed by atoms with E-state index in [2.05, 4.69) is 9.97 Å².